The van der Waals surface area contributed by atoms with Crippen LogP contribution in [-0.4, -0.2) is 64.6 Å². The van der Waals surface area contributed by atoms with Crippen LogP contribution >= 0.6 is 0 Å². The molecule has 0 aromatic heterocycles. The topological polar surface area (TPSA) is 130 Å². The molecule has 8 nitrogen and oxygen atoms in total. The van der Waals surface area contributed by atoms with Gasteiger partial charge in [-0.2, -0.15) is 0 Å². The lowest BCUT2D eigenvalue weighted by Crippen LogP contribution is -2.28. The smallest absolute Gasteiger partial charge is 0.306 e. The van der Waals surface area contributed by atoms with Crippen molar-refractivity contribution in [1.82, 2.24) is 0 Å². The van der Waals surface area contributed by atoms with Crippen LogP contribution in [0.1, 0.15) is 181 Å². The van der Waals surface area contributed by atoms with E-state index in [1.165, 1.54) is 77.0 Å². The molecule has 0 amide bonds. The molecule has 0 aromatic carbocycles. The Morgan fingerprint density at radius 2 is 1.35 bits per heavy atom. The number of aliphatic hydroxyl groups is 3. The number of allylic oxidation sites excluding steroid dienone is 3. The number of Topliss-reactive ketones (excluding diaryl/α,β-unsaturated/α-hetero) is 1. The quantitative estimate of drug-likeness (QED) is 0.0347. The molecule has 1 saturated carbocycles. The molecule has 0 saturated heterocycles. The van der Waals surface area contributed by atoms with E-state index in [0.717, 1.165) is 44.4 Å². The lowest BCUT2D eigenvalue weighted by atomic mass is 9.90. The molecule has 1 rings (SSSR count). The molecule has 1 aliphatic rings. The normalized spacial score (nSPS) is 19.0. The molecule has 5 atom stereocenters. The van der Waals surface area contributed by atoms with Crippen LogP contribution in [-0.2, 0) is 23.9 Å². The van der Waals surface area contributed by atoms with Gasteiger partial charge in [0, 0.05) is 31.1 Å². The zero-order valence-corrected chi connectivity index (χ0v) is 32.7. The van der Waals surface area contributed by atoms with E-state index in [1.807, 2.05) is 12.2 Å². The van der Waals surface area contributed by atoms with Gasteiger partial charge in [-0.05, 0) is 38.0 Å². The van der Waals surface area contributed by atoms with Crippen molar-refractivity contribution >= 4 is 17.7 Å². The average Bonchev–Trinajstić information content (AvgIpc) is 3.37. The maximum atomic E-state index is 12.4. The van der Waals surface area contributed by atoms with Crippen molar-refractivity contribution in [3.8, 4) is 0 Å². The molecule has 0 aliphatic heterocycles. The van der Waals surface area contributed by atoms with E-state index in [9.17, 15) is 29.7 Å². The molecule has 1 fully saturated rings. The van der Waals surface area contributed by atoms with Crippen molar-refractivity contribution < 1.29 is 39.2 Å². The molecule has 3 N–H and O–H groups in total. The zero-order valence-electron chi connectivity index (χ0n) is 32.7. The summed E-state index contributed by atoms with van der Waals surface area (Å²) in [5.74, 6) is -0.559. The second kappa shape index (κ2) is 31.5. The van der Waals surface area contributed by atoms with Crippen molar-refractivity contribution in [2.45, 2.75) is 200 Å². The number of aliphatic hydroxyl groups excluding tert-OH is 3. The van der Waals surface area contributed by atoms with E-state index in [1.54, 1.807) is 12.2 Å². The van der Waals surface area contributed by atoms with Crippen molar-refractivity contribution in [2.24, 2.45) is 17.8 Å². The molecule has 0 aromatic rings. The van der Waals surface area contributed by atoms with Gasteiger partial charge in [0.05, 0.1) is 18.8 Å². The monoisotopic (exact) mass is 721 g/mol. The maximum Gasteiger partial charge on any atom is 0.306 e. The molecule has 51 heavy (non-hydrogen) atoms. The summed E-state index contributed by atoms with van der Waals surface area (Å²) in [6, 6.07) is 0. The van der Waals surface area contributed by atoms with Gasteiger partial charge in [0.2, 0.25) is 0 Å². The first-order chi connectivity index (χ1) is 24.7. The minimum Gasteiger partial charge on any atom is -0.462 e. The minimum atomic E-state index is -0.855. The number of hydrogen-bond donors (Lipinski definition) is 3. The van der Waals surface area contributed by atoms with Crippen LogP contribution in [0.3, 0.4) is 0 Å². The van der Waals surface area contributed by atoms with E-state index >= 15 is 0 Å². The van der Waals surface area contributed by atoms with Gasteiger partial charge in [-0.1, -0.05) is 154 Å². The first-order valence-corrected chi connectivity index (χ1v) is 20.9. The number of carbonyl (C=O) groups excluding carboxylic acids is 3. The summed E-state index contributed by atoms with van der Waals surface area (Å²) in [6.45, 7) is 6.16. The standard InChI is InChI=1S/C43H76O8/c1-4-5-20-26-36(45)30-31-39-38(40(46)32-41(39)47)27-22-18-19-23-28-42(48)50-34-37(33-44)51-43(49)29-24-17-15-13-11-9-7-6-8-10-12-14-16-21-25-35(2)3/h18,22,30-31,35-40,44-46H,4-17,19-21,23-29,32-34H2,1-3H3/b22-18-,31-30+/t36-,37-,38+,39+,40-/m0/s1. The molecule has 8 heteroatoms. The Bertz CT molecular complexity index is 944. The van der Waals surface area contributed by atoms with Crippen LogP contribution in [0.5, 0.6) is 0 Å². The summed E-state index contributed by atoms with van der Waals surface area (Å²) < 4.78 is 10.6. The Balaban J connectivity index is 2.08. The van der Waals surface area contributed by atoms with Crippen LogP contribution < -0.4 is 0 Å². The highest BCUT2D eigenvalue weighted by molar-refractivity contribution is 5.86. The largest absolute Gasteiger partial charge is 0.462 e. The summed E-state index contributed by atoms with van der Waals surface area (Å²) >= 11 is 0. The third kappa shape index (κ3) is 25.6. The summed E-state index contributed by atoms with van der Waals surface area (Å²) in [4.78, 5) is 36.8. The predicted octanol–water partition coefficient (Wildman–Crippen LogP) is 9.51. The summed E-state index contributed by atoms with van der Waals surface area (Å²) in [6.07, 6.45) is 30.3. The number of esters is 2. The molecule has 0 radical (unpaired) electrons. The second-order valence-electron chi connectivity index (χ2n) is 15.3. The summed E-state index contributed by atoms with van der Waals surface area (Å²) in [5.41, 5.74) is 0. The van der Waals surface area contributed by atoms with Gasteiger partial charge in [0.25, 0.3) is 0 Å². The van der Waals surface area contributed by atoms with E-state index in [-0.39, 0.29) is 37.1 Å². The molecule has 0 bridgehead atoms. The first kappa shape index (κ1) is 47.0. The van der Waals surface area contributed by atoms with Crippen molar-refractivity contribution in [3.05, 3.63) is 24.3 Å². The van der Waals surface area contributed by atoms with Gasteiger partial charge in [-0.3, -0.25) is 14.4 Å². The Hall–Kier alpha value is -2.03. The Kier molecular flexibility index (Phi) is 29.0. The second-order valence-corrected chi connectivity index (χ2v) is 15.3. The highest BCUT2D eigenvalue weighted by Gasteiger charge is 2.39. The molecule has 1 aliphatic carbocycles. The van der Waals surface area contributed by atoms with Gasteiger partial charge < -0.3 is 24.8 Å². The van der Waals surface area contributed by atoms with Crippen molar-refractivity contribution in [2.75, 3.05) is 13.2 Å². The van der Waals surface area contributed by atoms with Gasteiger partial charge in [-0.25, -0.2) is 0 Å². The SMILES string of the molecule is CCCCC[C@H](O)/C=C/[C@H]1C(=O)C[C@H](O)[C@@H]1C/C=C\CCCC(=O)OC[C@H](CO)OC(=O)CCCCCCCCCCCCCCCCC(C)C. The number of unbranched alkanes of at least 4 members (excludes halogenated alkanes) is 16. The van der Waals surface area contributed by atoms with Gasteiger partial charge in [0.1, 0.15) is 12.4 Å². The van der Waals surface area contributed by atoms with E-state index in [4.69, 9.17) is 9.47 Å². The molecular formula is C43H76O8. The fourth-order valence-electron chi connectivity index (χ4n) is 6.78. The minimum absolute atomic E-state index is 0.00239. The van der Waals surface area contributed by atoms with Crippen LogP contribution in [0.15, 0.2) is 24.3 Å². The van der Waals surface area contributed by atoms with Crippen LogP contribution in [0.2, 0.25) is 0 Å². The van der Waals surface area contributed by atoms with Crippen LogP contribution in [0, 0.1) is 17.8 Å². The fraction of sp³-hybridized carbons (Fsp3) is 0.837. The third-order valence-electron chi connectivity index (χ3n) is 10.1. The lowest BCUT2D eigenvalue weighted by molar-refractivity contribution is -0.161. The summed E-state index contributed by atoms with van der Waals surface area (Å²) in [5, 5.41) is 30.2. The number of hydrogen-bond acceptors (Lipinski definition) is 8. The van der Waals surface area contributed by atoms with Gasteiger partial charge in [0.15, 0.2) is 6.10 Å². The Labute approximate surface area is 311 Å². The van der Waals surface area contributed by atoms with Crippen molar-refractivity contribution in [3.63, 3.8) is 0 Å². The van der Waals surface area contributed by atoms with E-state index in [0.29, 0.717) is 32.1 Å². The predicted molar refractivity (Wildman–Crippen MR) is 206 cm³/mol. The molecule has 0 unspecified atom stereocenters. The van der Waals surface area contributed by atoms with Crippen LogP contribution in [0.4, 0.5) is 0 Å². The highest BCUT2D eigenvalue weighted by atomic mass is 16.6. The summed E-state index contributed by atoms with van der Waals surface area (Å²) in [7, 11) is 0. The first-order valence-electron chi connectivity index (χ1n) is 20.9. The Morgan fingerprint density at radius 3 is 1.94 bits per heavy atom. The van der Waals surface area contributed by atoms with Crippen molar-refractivity contribution in [1.29, 1.82) is 0 Å². The number of carbonyl (C=O) groups is 3. The van der Waals surface area contributed by atoms with E-state index < -0.39 is 36.8 Å². The molecule has 0 heterocycles. The third-order valence-corrected chi connectivity index (χ3v) is 10.1. The van der Waals surface area contributed by atoms with E-state index in [2.05, 4.69) is 20.8 Å². The molecular weight excluding hydrogens is 644 g/mol. The number of rotatable bonds is 33. The number of ketones is 1. The average molecular weight is 721 g/mol. The highest BCUT2D eigenvalue weighted by Crippen LogP contribution is 2.33. The Morgan fingerprint density at radius 1 is 0.784 bits per heavy atom. The zero-order chi connectivity index (χ0) is 37.5. The lowest BCUT2D eigenvalue weighted by Gasteiger charge is -2.17. The maximum absolute atomic E-state index is 12.4. The van der Waals surface area contributed by atoms with Crippen LogP contribution in [0.25, 0.3) is 0 Å². The fourth-order valence-corrected chi connectivity index (χ4v) is 6.78. The molecule has 296 valence electrons. The molecule has 0 spiro atoms. The van der Waals surface area contributed by atoms with Gasteiger partial charge >= 0.3 is 11.9 Å². The van der Waals surface area contributed by atoms with Gasteiger partial charge in [-0.15, -0.1) is 0 Å². The number of ether oxygens (including phenoxy) is 2.